The molecule has 0 unspecified atom stereocenters. The molecule has 0 heterocycles. The van der Waals surface area contributed by atoms with Crippen molar-refractivity contribution in [3.05, 3.63) is 65.2 Å². The summed E-state index contributed by atoms with van der Waals surface area (Å²) in [5, 5.41) is 12.5. The highest BCUT2D eigenvalue weighted by atomic mass is 35.5. The highest BCUT2D eigenvalue weighted by Crippen LogP contribution is 2.17. The number of rotatable bonds is 3. The van der Waals surface area contributed by atoms with Gasteiger partial charge in [-0.25, -0.2) is 0 Å². The number of carbonyl (C=O) groups excluding carboxylic acids is 1. The fourth-order valence-corrected chi connectivity index (χ4v) is 1.74. The summed E-state index contributed by atoms with van der Waals surface area (Å²) in [5.41, 5.74) is 1.31. The van der Waals surface area contributed by atoms with Gasteiger partial charge in [-0.2, -0.15) is 0 Å². The van der Waals surface area contributed by atoms with Gasteiger partial charge in [0.15, 0.2) is 0 Å². The van der Waals surface area contributed by atoms with Crippen molar-refractivity contribution >= 4 is 29.3 Å². The van der Waals surface area contributed by atoms with Crippen molar-refractivity contribution < 1.29 is 9.90 Å². The first kappa shape index (κ1) is 13.2. The molecule has 0 radical (unpaired) electrons. The Kier molecular flexibility index (Phi) is 4.21. The zero-order valence-corrected chi connectivity index (χ0v) is 10.8. The van der Waals surface area contributed by atoms with Gasteiger partial charge in [-0.15, -0.1) is 0 Å². The lowest BCUT2D eigenvalue weighted by Crippen LogP contribution is -2.07. The summed E-state index contributed by atoms with van der Waals surface area (Å²) in [6.45, 7) is 0. The van der Waals surface area contributed by atoms with Crippen LogP contribution in [0.25, 0.3) is 6.08 Å². The van der Waals surface area contributed by atoms with E-state index in [9.17, 15) is 9.90 Å². The van der Waals surface area contributed by atoms with Gasteiger partial charge < -0.3 is 10.4 Å². The molecule has 2 aromatic carbocycles. The van der Waals surface area contributed by atoms with Crippen molar-refractivity contribution in [2.75, 3.05) is 5.32 Å². The maximum Gasteiger partial charge on any atom is 0.248 e. The third kappa shape index (κ3) is 3.86. The van der Waals surface area contributed by atoms with Gasteiger partial charge >= 0.3 is 0 Å². The highest BCUT2D eigenvalue weighted by Gasteiger charge is 1.99. The van der Waals surface area contributed by atoms with E-state index in [1.54, 1.807) is 24.3 Å². The van der Waals surface area contributed by atoms with E-state index in [1.165, 1.54) is 18.2 Å². The smallest absolute Gasteiger partial charge is 0.248 e. The number of nitrogens with one attached hydrogen (secondary N) is 1. The van der Waals surface area contributed by atoms with E-state index >= 15 is 0 Å². The van der Waals surface area contributed by atoms with Crippen LogP contribution in [-0.4, -0.2) is 11.0 Å². The van der Waals surface area contributed by atoms with Crippen LogP contribution in [0, 0.1) is 0 Å². The Bertz CT molecular complexity index is 623. The summed E-state index contributed by atoms with van der Waals surface area (Å²) in [6, 6.07) is 13.6. The Labute approximate surface area is 116 Å². The molecular formula is C15H12ClNO2. The molecular weight excluding hydrogens is 262 g/mol. The van der Waals surface area contributed by atoms with Crippen LogP contribution in [0.5, 0.6) is 5.75 Å². The standard InChI is InChI=1S/C15H12ClNO2/c16-14-7-2-1-4-11(14)8-9-15(19)17-12-5-3-6-13(18)10-12/h1-10,18H,(H,17,19)/b9-8+. The number of phenolic OH excluding ortho intramolecular Hbond substituents is 1. The Balaban J connectivity index is 2.04. The van der Waals surface area contributed by atoms with Crippen molar-refractivity contribution in [2.45, 2.75) is 0 Å². The first-order valence-electron chi connectivity index (χ1n) is 5.68. The van der Waals surface area contributed by atoms with Gasteiger partial charge in [-0.3, -0.25) is 4.79 Å². The van der Waals surface area contributed by atoms with Crippen LogP contribution in [0.2, 0.25) is 5.02 Å². The monoisotopic (exact) mass is 273 g/mol. The number of anilines is 1. The van der Waals surface area contributed by atoms with Crippen LogP contribution in [0.1, 0.15) is 5.56 Å². The van der Waals surface area contributed by atoms with Gasteiger partial charge in [0, 0.05) is 22.9 Å². The minimum atomic E-state index is -0.287. The van der Waals surface area contributed by atoms with Crippen LogP contribution in [0.4, 0.5) is 5.69 Å². The van der Waals surface area contributed by atoms with E-state index in [0.717, 1.165) is 5.56 Å². The van der Waals surface area contributed by atoms with Crippen molar-refractivity contribution in [3.8, 4) is 5.75 Å². The predicted octanol–water partition coefficient (Wildman–Crippen LogP) is 3.70. The second kappa shape index (κ2) is 6.07. The van der Waals surface area contributed by atoms with Crippen LogP contribution in [0.15, 0.2) is 54.6 Å². The van der Waals surface area contributed by atoms with Crippen molar-refractivity contribution in [1.82, 2.24) is 0 Å². The lowest BCUT2D eigenvalue weighted by atomic mass is 10.2. The molecule has 2 aromatic rings. The number of amides is 1. The molecule has 0 aliphatic heterocycles. The number of aromatic hydroxyl groups is 1. The second-order valence-corrected chi connectivity index (χ2v) is 4.30. The Hall–Kier alpha value is -2.26. The molecule has 0 atom stereocenters. The lowest BCUT2D eigenvalue weighted by Gasteiger charge is -2.02. The molecule has 0 saturated heterocycles. The molecule has 0 bridgehead atoms. The second-order valence-electron chi connectivity index (χ2n) is 3.89. The molecule has 19 heavy (non-hydrogen) atoms. The van der Waals surface area contributed by atoms with E-state index in [4.69, 9.17) is 11.6 Å². The van der Waals surface area contributed by atoms with E-state index in [1.807, 2.05) is 18.2 Å². The zero-order valence-electron chi connectivity index (χ0n) is 10.0. The van der Waals surface area contributed by atoms with Gasteiger partial charge in [0.1, 0.15) is 5.75 Å². The first-order valence-corrected chi connectivity index (χ1v) is 6.05. The van der Waals surface area contributed by atoms with Crippen LogP contribution in [0.3, 0.4) is 0 Å². The molecule has 3 nitrogen and oxygen atoms in total. The van der Waals surface area contributed by atoms with E-state index < -0.39 is 0 Å². The minimum Gasteiger partial charge on any atom is -0.508 e. The summed E-state index contributed by atoms with van der Waals surface area (Å²) >= 11 is 5.97. The number of carbonyl (C=O) groups is 1. The van der Waals surface area contributed by atoms with Crippen molar-refractivity contribution in [1.29, 1.82) is 0 Å². The molecule has 0 spiro atoms. The van der Waals surface area contributed by atoms with E-state index in [0.29, 0.717) is 10.7 Å². The van der Waals surface area contributed by atoms with Gasteiger partial charge in [-0.05, 0) is 29.8 Å². The van der Waals surface area contributed by atoms with Gasteiger partial charge in [0.2, 0.25) is 5.91 Å². The predicted molar refractivity (Wildman–Crippen MR) is 77.2 cm³/mol. The summed E-state index contributed by atoms with van der Waals surface area (Å²) < 4.78 is 0. The molecule has 96 valence electrons. The molecule has 1 amide bonds. The first-order chi connectivity index (χ1) is 9.15. The molecule has 2 rings (SSSR count). The quantitative estimate of drug-likeness (QED) is 0.838. The van der Waals surface area contributed by atoms with Crippen LogP contribution < -0.4 is 5.32 Å². The fraction of sp³-hybridized carbons (Fsp3) is 0. The third-order valence-electron chi connectivity index (χ3n) is 2.43. The Morgan fingerprint density at radius 2 is 1.95 bits per heavy atom. The fourth-order valence-electron chi connectivity index (χ4n) is 1.54. The average molecular weight is 274 g/mol. The Morgan fingerprint density at radius 1 is 1.16 bits per heavy atom. The third-order valence-corrected chi connectivity index (χ3v) is 2.78. The number of hydrogen-bond acceptors (Lipinski definition) is 2. The van der Waals surface area contributed by atoms with E-state index in [-0.39, 0.29) is 11.7 Å². The van der Waals surface area contributed by atoms with Gasteiger partial charge in [0.05, 0.1) is 0 Å². The summed E-state index contributed by atoms with van der Waals surface area (Å²) in [6.07, 6.45) is 3.03. The molecule has 0 aliphatic carbocycles. The topological polar surface area (TPSA) is 49.3 Å². The van der Waals surface area contributed by atoms with Gasteiger partial charge in [0.25, 0.3) is 0 Å². The number of phenols is 1. The lowest BCUT2D eigenvalue weighted by molar-refractivity contribution is -0.111. The van der Waals surface area contributed by atoms with Gasteiger partial charge in [-0.1, -0.05) is 35.9 Å². The number of benzene rings is 2. The maximum absolute atomic E-state index is 11.7. The van der Waals surface area contributed by atoms with E-state index in [2.05, 4.69) is 5.32 Å². The minimum absolute atomic E-state index is 0.105. The molecule has 0 aliphatic rings. The van der Waals surface area contributed by atoms with Crippen LogP contribution in [-0.2, 0) is 4.79 Å². The summed E-state index contributed by atoms with van der Waals surface area (Å²) in [4.78, 5) is 11.7. The zero-order chi connectivity index (χ0) is 13.7. The molecule has 2 N–H and O–H groups in total. The van der Waals surface area contributed by atoms with Crippen LogP contribution >= 0.6 is 11.6 Å². The highest BCUT2D eigenvalue weighted by molar-refractivity contribution is 6.32. The van der Waals surface area contributed by atoms with Crippen molar-refractivity contribution in [3.63, 3.8) is 0 Å². The molecule has 0 saturated carbocycles. The Morgan fingerprint density at radius 3 is 2.68 bits per heavy atom. The average Bonchev–Trinajstić information content (AvgIpc) is 2.38. The summed E-state index contributed by atoms with van der Waals surface area (Å²) in [7, 11) is 0. The maximum atomic E-state index is 11.7. The summed E-state index contributed by atoms with van der Waals surface area (Å²) in [5.74, 6) is -0.182. The SMILES string of the molecule is O=C(/C=C/c1ccccc1Cl)Nc1cccc(O)c1. The largest absolute Gasteiger partial charge is 0.508 e. The van der Waals surface area contributed by atoms with Crippen molar-refractivity contribution in [2.24, 2.45) is 0 Å². The number of halogens is 1. The molecule has 4 heteroatoms. The normalized spacial score (nSPS) is 10.6. The molecule has 0 aromatic heterocycles. The number of hydrogen-bond donors (Lipinski definition) is 2. The molecule has 0 fully saturated rings.